The Hall–Kier alpha value is -2.77. The van der Waals surface area contributed by atoms with E-state index in [4.69, 9.17) is 18.9 Å². The number of methoxy groups -OCH3 is 2. The van der Waals surface area contributed by atoms with Gasteiger partial charge in [-0.2, -0.15) is 0 Å². The molecule has 0 aliphatic rings. The van der Waals surface area contributed by atoms with Gasteiger partial charge >= 0.3 is 0 Å². The molecule has 2 rings (SSSR count). The lowest BCUT2D eigenvalue weighted by Gasteiger charge is -2.11. The van der Waals surface area contributed by atoms with Crippen LogP contribution in [0.5, 0.6) is 11.5 Å². The van der Waals surface area contributed by atoms with E-state index in [1.54, 1.807) is 20.3 Å². The molecule has 1 amide bonds. The highest BCUT2D eigenvalue weighted by molar-refractivity contribution is 5.93. The Bertz CT molecular complexity index is 708. The maximum Gasteiger partial charge on any atom is 0.243 e. The van der Waals surface area contributed by atoms with Gasteiger partial charge in [0.15, 0.2) is 0 Å². The van der Waals surface area contributed by atoms with Crippen LogP contribution in [0.4, 0.5) is 11.4 Å². The van der Waals surface area contributed by atoms with Gasteiger partial charge in [0.05, 0.1) is 19.8 Å². The minimum atomic E-state index is -0.158. The summed E-state index contributed by atoms with van der Waals surface area (Å²) >= 11 is 0. The van der Waals surface area contributed by atoms with Crippen LogP contribution in [-0.2, 0) is 14.3 Å². The minimum Gasteiger partial charge on any atom is -0.491 e. The summed E-state index contributed by atoms with van der Waals surface area (Å²) in [5.41, 5.74) is 1.48. The fraction of sp³-hybridized carbons (Fsp3) is 0.350. The largest absolute Gasteiger partial charge is 0.491 e. The van der Waals surface area contributed by atoms with Gasteiger partial charge in [0.1, 0.15) is 24.7 Å². The summed E-state index contributed by atoms with van der Waals surface area (Å²) in [6, 6.07) is 14.7. The Morgan fingerprint density at radius 1 is 0.815 bits per heavy atom. The van der Waals surface area contributed by atoms with E-state index in [-0.39, 0.29) is 12.5 Å². The molecule has 0 bridgehead atoms. The third kappa shape index (κ3) is 7.98. The van der Waals surface area contributed by atoms with E-state index in [0.29, 0.717) is 37.9 Å². The Morgan fingerprint density at radius 3 is 1.96 bits per heavy atom. The lowest BCUT2D eigenvalue weighted by atomic mass is 10.3. The summed E-state index contributed by atoms with van der Waals surface area (Å²) in [4.78, 5) is 12.2. The first kappa shape index (κ1) is 20.5. The molecule has 0 fully saturated rings. The molecule has 0 aliphatic carbocycles. The van der Waals surface area contributed by atoms with E-state index >= 15 is 0 Å². The van der Waals surface area contributed by atoms with Crippen molar-refractivity contribution in [2.45, 2.75) is 0 Å². The fourth-order valence-electron chi connectivity index (χ4n) is 2.23. The second-order valence-corrected chi connectivity index (χ2v) is 5.64. The molecule has 0 unspecified atom stereocenters. The standard InChI is InChI=1S/C20H26N2O5/c1-24-9-11-26-18-7-3-5-16(13-18)21-15-20(23)22-17-6-4-8-19(14-17)27-12-10-25-2/h3-8,13-14,21H,9-12,15H2,1-2H3,(H,22,23). The molecule has 2 N–H and O–H groups in total. The first-order valence-electron chi connectivity index (χ1n) is 8.68. The third-order valence-corrected chi connectivity index (χ3v) is 3.52. The molecule has 27 heavy (non-hydrogen) atoms. The molecule has 2 aromatic carbocycles. The van der Waals surface area contributed by atoms with Crippen molar-refractivity contribution in [1.82, 2.24) is 0 Å². The van der Waals surface area contributed by atoms with Crippen LogP contribution in [0, 0.1) is 0 Å². The highest BCUT2D eigenvalue weighted by atomic mass is 16.5. The average Bonchev–Trinajstić information content (AvgIpc) is 2.68. The average molecular weight is 374 g/mol. The van der Waals surface area contributed by atoms with Crippen molar-refractivity contribution in [1.29, 1.82) is 0 Å². The van der Waals surface area contributed by atoms with E-state index < -0.39 is 0 Å². The van der Waals surface area contributed by atoms with E-state index in [1.165, 1.54) is 0 Å². The van der Waals surface area contributed by atoms with Gasteiger partial charge in [0.25, 0.3) is 0 Å². The molecule has 0 spiro atoms. The van der Waals surface area contributed by atoms with Crippen LogP contribution in [0.2, 0.25) is 0 Å². The van der Waals surface area contributed by atoms with Crippen LogP contribution in [-0.4, -0.2) is 53.1 Å². The zero-order valence-electron chi connectivity index (χ0n) is 15.7. The van der Waals surface area contributed by atoms with E-state index in [0.717, 1.165) is 11.4 Å². The highest BCUT2D eigenvalue weighted by Gasteiger charge is 2.04. The topological polar surface area (TPSA) is 78.1 Å². The second-order valence-electron chi connectivity index (χ2n) is 5.64. The molecule has 0 heterocycles. The van der Waals surface area contributed by atoms with Crippen LogP contribution in [0.3, 0.4) is 0 Å². The Kier molecular flexibility index (Phi) is 8.95. The highest BCUT2D eigenvalue weighted by Crippen LogP contribution is 2.18. The monoisotopic (exact) mass is 374 g/mol. The summed E-state index contributed by atoms with van der Waals surface area (Å²) in [5, 5.41) is 5.92. The van der Waals surface area contributed by atoms with Crippen LogP contribution in [0.25, 0.3) is 0 Å². The van der Waals surface area contributed by atoms with Crippen LogP contribution >= 0.6 is 0 Å². The Morgan fingerprint density at radius 2 is 1.37 bits per heavy atom. The van der Waals surface area contributed by atoms with Crippen LogP contribution < -0.4 is 20.1 Å². The SMILES string of the molecule is COCCOc1cccc(NCC(=O)Nc2cccc(OCCOC)c2)c1. The molecule has 0 saturated heterocycles. The quantitative estimate of drug-likeness (QED) is 0.556. The molecular weight excluding hydrogens is 348 g/mol. The summed E-state index contributed by atoms with van der Waals surface area (Å²) in [5.74, 6) is 1.24. The molecule has 7 heteroatoms. The van der Waals surface area contributed by atoms with Gasteiger partial charge in [-0.25, -0.2) is 0 Å². The molecule has 0 aliphatic heterocycles. The van der Waals surface area contributed by atoms with Gasteiger partial charge in [0, 0.05) is 37.7 Å². The van der Waals surface area contributed by atoms with Crippen molar-refractivity contribution >= 4 is 17.3 Å². The number of hydrogen-bond acceptors (Lipinski definition) is 6. The smallest absolute Gasteiger partial charge is 0.243 e. The predicted octanol–water partition coefficient (Wildman–Crippen LogP) is 2.79. The zero-order chi connectivity index (χ0) is 19.3. The summed E-state index contributed by atoms with van der Waals surface area (Å²) in [6.07, 6.45) is 0. The van der Waals surface area contributed by atoms with E-state index in [9.17, 15) is 4.79 Å². The van der Waals surface area contributed by atoms with Gasteiger partial charge in [-0.15, -0.1) is 0 Å². The number of carbonyl (C=O) groups is 1. The van der Waals surface area contributed by atoms with Crippen LogP contribution in [0.15, 0.2) is 48.5 Å². The van der Waals surface area contributed by atoms with Crippen molar-refractivity contribution < 1.29 is 23.7 Å². The van der Waals surface area contributed by atoms with Crippen molar-refractivity contribution in [2.75, 3.05) is 57.8 Å². The molecule has 7 nitrogen and oxygen atoms in total. The normalized spacial score (nSPS) is 10.3. The number of benzene rings is 2. The molecule has 0 atom stereocenters. The van der Waals surface area contributed by atoms with Crippen molar-refractivity contribution in [3.8, 4) is 11.5 Å². The fourth-order valence-corrected chi connectivity index (χ4v) is 2.23. The predicted molar refractivity (Wildman–Crippen MR) is 105 cm³/mol. The summed E-state index contributed by atoms with van der Waals surface area (Å²) in [6.45, 7) is 2.10. The molecular formula is C20H26N2O5. The molecule has 0 saturated carbocycles. The molecule has 2 aromatic rings. The van der Waals surface area contributed by atoms with Crippen molar-refractivity contribution in [2.24, 2.45) is 0 Å². The lowest BCUT2D eigenvalue weighted by Crippen LogP contribution is -2.21. The number of amides is 1. The number of hydrogen-bond donors (Lipinski definition) is 2. The summed E-state index contributed by atoms with van der Waals surface area (Å²) < 4.78 is 21.0. The van der Waals surface area contributed by atoms with Crippen molar-refractivity contribution in [3.63, 3.8) is 0 Å². The van der Waals surface area contributed by atoms with Crippen LogP contribution in [0.1, 0.15) is 0 Å². The second kappa shape index (κ2) is 11.8. The number of carbonyl (C=O) groups excluding carboxylic acids is 1. The lowest BCUT2D eigenvalue weighted by molar-refractivity contribution is -0.114. The van der Waals surface area contributed by atoms with Gasteiger partial charge < -0.3 is 29.6 Å². The van der Waals surface area contributed by atoms with E-state index in [2.05, 4.69) is 10.6 Å². The third-order valence-electron chi connectivity index (χ3n) is 3.52. The van der Waals surface area contributed by atoms with Gasteiger partial charge in [-0.05, 0) is 24.3 Å². The van der Waals surface area contributed by atoms with Gasteiger partial charge in [-0.3, -0.25) is 4.79 Å². The minimum absolute atomic E-state index is 0.135. The molecule has 0 aromatic heterocycles. The Labute approximate surface area is 159 Å². The van der Waals surface area contributed by atoms with Gasteiger partial charge in [0.2, 0.25) is 5.91 Å². The number of anilines is 2. The maximum atomic E-state index is 12.2. The maximum absolute atomic E-state index is 12.2. The first-order chi connectivity index (χ1) is 13.2. The molecule has 146 valence electrons. The number of rotatable bonds is 12. The van der Waals surface area contributed by atoms with Crippen molar-refractivity contribution in [3.05, 3.63) is 48.5 Å². The van der Waals surface area contributed by atoms with E-state index in [1.807, 2.05) is 42.5 Å². The number of ether oxygens (including phenoxy) is 4. The number of nitrogens with one attached hydrogen (secondary N) is 2. The zero-order valence-corrected chi connectivity index (χ0v) is 15.7. The summed E-state index contributed by atoms with van der Waals surface area (Å²) in [7, 11) is 3.25. The van der Waals surface area contributed by atoms with Gasteiger partial charge in [-0.1, -0.05) is 12.1 Å². The Balaban J connectivity index is 1.80. The molecule has 0 radical (unpaired) electrons. The first-order valence-corrected chi connectivity index (χ1v) is 8.68.